The number of carbonyl (C=O) groups excluding carboxylic acids is 1. The second-order valence-corrected chi connectivity index (χ2v) is 8.75. The van der Waals surface area contributed by atoms with Gasteiger partial charge in [0.15, 0.2) is 11.5 Å². The molecule has 0 radical (unpaired) electrons. The summed E-state index contributed by atoms with van der Waals surface area (Å²) < 4.78 is 22.8. The minimum atomic E-state index is -0.322. The fourth-order valence-electron chi connectivity index (χ4n) is 3.58. The molecule has 1 amide bonds. The Morgan fingerprint density at radius 2 is 1.69 bits per heavy atom. The number of aromatic nitrogens is 1. The maximum atomic E-state index is 13.6. The van der Waals surface area contributed by atoms with Gasteiger partial charge in [-0.2, -0.15) is 10.1 Å². The average Bonchev–Trinajstić information content (AvgIpc) is 3.31. The van der Waals surface area contributed by atoms with Crippen LogP contribution in [0.1, 0.15) is 28.4 Å². The molecule has 4 aromatic rings. The molecule has 9 heteroatoms. The molecule has 0 bridgehead atoms. The van der Waals surface area contributed by atoms with E-state index in [1.165, 1.54) is 16.3 Å². The van der Waals surface area contributed by atoms with Gasteiger partial charge >= 0.3 is 0 Å². The van der Waals surface area contributed by atoms with Crippen molar-refractivity contribution in [1.29, 1.82) is 0 Å². The van der Waals surface area contributed by atoms with Crippen LogP contribution in [0.4, 0.5) is 5.13 Å². The minimum absolute atomic E-state index is 0.322. The highest BCUT2D eigenvalue weighted by Gasteiger charge is 2.22. The van der Waals surface area contributed by atoms with Gasteiger partial charge in [-0.25, -0.2) is 4.98 Å². The zero-order valence-corrected chi connectivity index (χ0v) is 21.6. The molecule has 36 heavy (non-hydrogen) atoms. The number of amides is 1. The molecule has 0 atom stereocenters. The fourth-order valence-corrected chi connectivity index (χ4v) is 4.60. The first kappa shape index (κ1) is 25.0. The lowest BCUT2D eigenvalue weighted by Gasteiger charge is -2.15. The molecular formula is C27H27N3O5S. The van der Waals surface area contributed by atoms with E-state index in [9.17, 15) is 4.79 Å². The third-order valence-electron chi connectivity index (χ3n) is 5.33. The first-order valence-electron chi connectivity index (χ1n) is 11.3. The summed E-state index contributed by atoms with van der Waals surface area (Å²) in [5.74, 6) is 1.81. The first-order chi connectivity index (χ1) is 17.5. The fraction of sp³-hybridized carbons (Fsp3) is 0.222. The van der Waals surface area contributed by atoms with Crippen molar-refractivity contribution in [2.45, 2.75) is 13.8 Å². The summed E-state index contributed by atoms with van der Waals surface area (Å²) in [4.78, 5) is 18.3. The number of thiazole rings is 1. The second kappa shape index (κ2) is 11.1. The van der Waals surface area contributed by atoms with Crippen molar-refractivity contribution >= 4 is 38.8 Å². The maximum absolute atomic E-state index is 13.6. The van der Waals surface area contributed by atoms with Crippen LogP contribution in [-0.2, 0) is 0 Å². The summed E-state index contributed by atoms with van der Waals surface area (Å²) >= 11 is 1.40. The third-order valence-corrected chi connectivity index (χ3v) is 6.32. The normalized spacial score (nSPS) is 11.0. The molecule has 1 aromatic heterocycles. The Labute approximate surface area is 213 Å². The molecule has 0 aliphatic heterocycles. The van der Waals surface area contributed by atoms with E-state index in [0.29, 0.717) is 45.9 Å². The predicted octanol–water partition coefficient (Wildman–Crippen LogP) is 5.71. The van der Waals surface area contributed by atoms with Crippen molar-refractivity contribution in [2.24, 2.45) is 5.10 Å². The highest BCUT2D eigenvalue weighted by molar-refractivity contribution is 7.22. The van der Waals surface area contributed by atoms with Crippen LogP contribution in [0.2, 0.25) is 0 Å². The van der Waals surface area contributed by atoms with Crippen LogP contribution < -0.4 is 24.0 Å². The zero-order valence-electron chi connectivity index (χ0n) is 20.8. The molecule has 0 N–H and O–H groups in total. The highest BCUT2D eigenvalue weighted by Crippen LogP contribution is 2.38. The van der Waals surface area contributed by atoms with E-state index >= 15 is 0 Å². The van der Waals surface area contributed by atoms with E-state index in [0.717, 1.165) is 15.8 Å². The van der Waals surface area contributed by atoms with Crippen LogP contribution in [0.15, 0.2) is 59.7 Å². The summed E-state index contributed by atoms with van der Waals surface area (Å²) in [7, 11) is 4.63. The summed E-state index contributed by atoms with van der Waals surface area (Å²) in [6.07, 6.45) is 1.56. The van der Waals surface area contributed by atoms with Crippen molar-refractivity contribution in [3.63, 3.8) is 0 Å². The Morgan fingerprint density at radius 3 is 2.31 bits per heavy atom. The zero-order chi connectivity index (χ0) is 25.7. The average molecular weight is 506 g/mol. The Bertz CT molecular complexity index is 1370. The molecule has 0 aliphatic rings. The molecule has 186 valence electrons. The van der Waals surface area contributed by atoms with Crippen molar-refractivity contribution in [3.05, 3.63) is 71.3 Å². The van der Waals surface area contributed by atoms with E-state index in [1.54, 1.807) is 63.9 Å². The molecule has 0 saturated heterocycles. The topological polar surface area (TPSA) is 82.5 Å². The lowest BCUT2D eigenvalue weighted by atomic mass is 10.2. The van der Waals surface area contributed by atoms with Gasteiger partial charge in [0.25, 0.3) is 5.91 Å². The van der Waals surface area contributed by atoms with Crippen molar-refractivity contribution < 1.29 is 23.7 Å². The number of benzene rings is 3. The number of nitrogens with zero attached hydrogens (tertiary/aromatic N) is 3. The van der Waals surface area contributed by atoms with Crippen molar-refractivity contribution in [2.75, 3.05) is 32.9 Å². The number of fused-ring (bicyclic) bond motifs is 1. The maximum Gasteiger partial charge on any atom is 0.280 e. The Hall–Kier alpha value is -4.11. The van der Waals surface area contributed by atoms with E-state index in [2.05, 4.69) is 10.1 Å². The van der Waals surface area contributed by atoms with Crippen molar-refractivity contribution in [1.82, 2.24) is 4.98 Å². The Kier molecular flexibility index (Phi) is 7.70. The van der Waals surface area contributed by atoms with E-state index in [1.807, 2.05) is 32.0 Å². The van der Waals surface area contributed by atoms with Crippen LogP contribution in [0, 0.1) is 6.92 Å². The molecule has 1 heterocycles. The number of ether oxygens (including phenoxy) is 4. The molecule has 0 unspecified atom stereocenters. The first-order valence-corrected chi connectivity index (χ1v) is 12.1. The summed E-state index contributed by atoms with van der Waals surface area (Å²) in [5.41, 5.74) is 3.03. The molecule has 3 aromatic carbocycles. The Morgan fingerprint density at radius 1 is 1.00 bits per heavy atom. The number of hydrogen-bond acceptors (Lipinski definition) is 8. The number of hydrogen-bond donors (Lipinski definition) is 0. The quantitative estimate of drug-likeness (QED) is 0.214. The molecule has 0 saturated carbocycles. The van der Waals surface area contributed by atoms with Crippen LogP contribution in [0.5, 0.6) is 23.0 Å². The van der Waals surface area contributed by atoms with Gasteiger partial charge in [0.1, 0.15) is 5.75 Å². The highest BCUT2D eigenvalue weighted by atomic mass is 32.1. The van der Waals surface area contributed by atoms with E-state index < -0.39 is 0 Å². The summed E-state index contributed by atoms with van der Waals surface area (Å²) in [6.45, 7) is 4.47. The number of rotatable bonds is 9. The van der Waals surface area contributed by atoms with Crippen molar-refractivity contribution in [3.8, 4) is 23.0 Å². The van der Waals surface area contributed by atoms with Crippen LogP contribution in [0.25, 0.3) is 10.2 Å². The van der Waals surface area contributed by atoms with Gasteiger partial charge in [0.05, 0.1) is 44.4 Å². The van der Waals surface area contributed by atoms with Gasteiger partial charge in [-0.3, -0.25) is 4.79 Å². The Balaban J connectivity index is 1.76. The smallest absolute Gasteiger partial charge is 0.280 e. The molecule has 8 nitrogen and oxygen atoms in total. The number of aryl methyl sites for hydroxylation is 1. The third kappa shape index (κ3) is 5.26. The summed E-state index contributed by atoms with van der Waals surface area (Å²) in [5, 5.41) is 6.31. The van der Waals surface area contributed by atoms with Gasteiger partial charge in [-0.15, -0.1) is 0 Å². The lowest BCUT2D eigenvalue weighted by molar-refractivity contribution is 0.0988. The second-order valence-electron chi connectivity index (χ2n) is 7.75. The number of hydrazone groups is 1. The largest absolute Gasteiger partial charge is 0.494 e. The molecule has 4 rings (SSSR count). The molecular weight excluding hydrogens is 478 g/mol. The van der Waals surface area contributed by atoms with Gasteiger partial charge < -0.3 is 18.9 Å². The SMILES string of the molecule is CCOc1ccc(C(=O)N(/N=C/c2cc(OC)c(OC)c(OC)c2)c2nc3ccc(C)cc3s2)cc1. The lowest BCUT2D eigenvalue weighted by Crippen LogP contribution is -2.25. The minimum Gasteiger partial charge on any atom is -0.494 e. The predicted molar refractivity (Wildman–Crippen MR) is 142 cm³/mol. The van der Waals surface area contributed by atoms with E-state index in [4.69, 9.17) is 18.9 Å². The number of methoxy groups -OCH3 is 3. The molecule has 0 spiro atoms. The standard InChI is InChI=1S/C27H27N3O5S/c1-6-35-20-10-8-19(9-11-20)26(31)30(27-29-21-12-7-17(2)13-24(21)36-27)28-16-18-14-22(32-3)25(34-5)23(15-18)33-4/h7-16H,6H2,1-5H3/b28-16+. The molecule has 0 aliphatic carbocycles. The van der Waals surface area contributed by atoms with Crippen LogP contribution >= 0.6 is 11.3 Å². The van der Waals surface area contributed by atoms with Gasteiger partial charge in [-0.1, -0.05) is 17.4 Å². The van der Waals surface area contributed by atoms with Gasteiger partial charge in [-0.05, 0) is 67.9 Å². The molecule has 0 fully saturated rings. The van der Waals surface area contributed by atoms with Crippen LogP contribution in [0.3, 0.4) is 0 Å². The summed E-state index contributed by atoms with van der Waals surface area (Å²) in [6, 6.07) is 16.4. The van der Waals surface area contributed by atoms with Crippen LogP contribution in [-0.4, -0.2) is 45.0 Å². The number of anilines is 1. The van der Waals surface area contributed by atoms with E-state index in [-0.39, 0.29) is 5.91 Å². The monoisotopic (exact) mass is 505 g/mol. The number of carbonyl (C=O) groups is 1. The van der Waals surface area contributed by atoms with Gasteiger partial charge in [0.2, 0.25) is 10.9 Å². The van der Waals surface area contributed by atoms with Gasteiger partial charge in [0, 0.05) is 11.1 Å².